The highest BCUT2D eigenvalue weighted by Gasteiger charge is 2.25. The molecule has 1 heterocycles. The first-order valence-corrected chi connectivity index (χ1v) is 12.1. The van der Waals surface area contributed by atoms with E-state index in [4.69, 9.17) is 15.2 Å². The van der Waals surface area contributed by atoms with E-state index in [1.165, 1.54) is 0 Å². The van der Waals surface area contributed by atoms with Crippen LogP contribution in [-0.4, -0.2) is 63.0 Å². The number of carbonyl (C=O) groups is 1. The summed E-state index contributed by atoms with van der Waals surface area (Å²) in [6.07, 6.45) is 4.23. The molecule has 7 heteroatoms. The van der Waals surface area contributed by atoms with Gasteiger partial charge in [-0.1, -0.05) is 30.7 Å². The van der Waals surface area contributed by atoms with Crippen molar-refractivity contribution in [1.29, 1.82) is 0 Å². The van der Waals surface area contributed by atoms with Gasteiger partial charge in [-0.3, -0.25) is 9.80 Å². The normalized spacial score (nSPS) is 21.4. The molecule has 2 amide bonds. The van der Waals surface area contributed by atoms with E-state index < -0.39 is 0 Å². The van der Waals surface area contributed by atoms with Gasteiger partial charge in [-0.15, -0.1) is 0 Å². The van der Waals surface area contributed by atoms with Gasteiger partial charge in [-0.25, -0.2) is 4.79 Å². The first-order chi connectivity index (χ1) is 16.2. The van der Waals surface area contributed by atoms with Gasteiger partial charge in [0.05, 0.1) is 13.2 Å². The van der Waals surface area contributed by atoms with Crippen LogP contribution in [0.15, 0.2) is 54.6 Å². The van der Waals surface area contributed by atoms with Crippen LogP contribution in [0.4, 0.5) is 16.2 Å². The average Bonchev–Trinajstić information content (AvgIpc) is 2.84. The number of anilines is 2. The fourth-order valence-electron chi connectivity index (χ4n) is 4.63. The van der Waals surface area contributed by atoms with E-state index in [1.807, 2.05) is 59.5 Å². The van der Waals surface area contributed by atoms with Gasteiger partial charge in [0.15, 0.2) is 0 Å². The standard InChI is InChI=1S/C26H36N4O3/c27-22-7-4-6-21(18-22)20-30(26(31)28-23-8-2-1-3-9-23)24-10-5-11-25(19-24)33-17-14-29-12-15-32-16-13-29/h1-3,5,8-11,19,21-22H,4,6-7,12-18,20,27H2,(H,28,31)/t21-,22+/m1/s1. The minimum Gasteiger partial charge on any atom is -0.492 e. The predicted molar refractivity (Wildman–Crippen MR) is 132 cm³/mol. The molecule has 0 bridgehead atoms. The summed E-state index contributed by atoms with van der Waals surface area (Å²) in [6, 6.07) is 17.5. The molecule has 0 radical (unpaired) electrons. The van der Waals surface area contributed by atoms with Crippen LogP contribution in [0.3, 0.4) is 0 Å². The molecular weight excluding hydrogens is 416 g/mol. The predicted octanol–water partition coefficient (Wildman–Crippen LogP) is 3.95. The Hall–Kier alpha value is -2.61. The molecule has 178 valence electrons. The zero-order chi connectivity index (χ0) is 22.9. The van der Waals surface area contributed by atoms with Crippen LogP contribution in [-0.2, 0) is 4.74 Å². The number of para-hydroxylation sites is 1. The highest BCUT2D eigenvalue weighted by molar-refractivity contribution is 6.01. The molecule has 0 spiro atoms. The number of nitrogens with one attached hydrogen (secondary N) is 1. The topological polar surface area (TPSA) is 80.1 Å². The Morgan fingerprint density at radius 3 is 2.73 bits per heavy atom. The van der Waals surface area contributed by atoms with E-state index in [2.05, 4.69) is 10.2 Å². The van der Waals surface area contributed by atoms with Gasteiger partial charge < -0.3 is 20.5 Å². The number of rotatable bonds is 8. The molecule has 2 aromatic carbocycles. The maximum absolute atomic E-state index is 13.3. The summed E-state index contributed by atoms with van der Waals surface area (Å²) in [4.78, 5) is 17.5. The number of carbonyl (C=O) groups excluding carboxylic acids is 1. The zero-order valence-corrected chi connectivity index (χ0v) is 19.3. The molecule has 1 saturated heterocycles. The summed E-state index contributed by atoms with van der Waals surface area (Å²) in [5, 5.41) is 3.04. The summed E-state index contributed by atoms with van der Waals surface area (Å²) in [5.74, 6) is 1.17. The van der Waals surface area contributed by atoms with Gasteiger partial charge in [-0.05, 0) is 49.4 Å². The lowest BCUT2D eigenvalue weighted by Crippen LogP contribution is -2.41. The quantitative estimate of drug-likeness (QED) is 0.634. The molecule has 2 aliphatic rings. The Labute approximate surface area is 196 Å². The van der Waals surface area contributed by atoms with E-state index in [0.29, 0.717) is 19.1 Å². The number of hydrogen-bond donors (Lipinski definition) is 2. The van der Waals surface area contributed by atoms with E-state index in [9.17, 15) is 4.79 Å². The minimum atomic E-state index is -0.134. The maximum Gasteiger partial charge on any atom is 0.326 e. The Morgan fingerprint density at radius 2 is 1.94 bits per heavy atom. The second kappa shape index (κ2) is 12.0. The molecule has 0 aromatic heterocycles. The number of hydrogen-bond acceptors (Lipinski definition) is 5. The Balaban J connectivity index is 1.44. The van der Waals surface area contributed by atoms with Crippen LogP contribution in [0.2, 0.25) is 0 Å². The number of nitrogens with zero attached hydrogens (tertiary/aromatic N) is 2. The fourth-order valence-corrected chi connectivity index (χ4v) is 4.63. The third-order valence-electron chi connectivity index (χ3n) is 6.44. The van der Waals surface area contributed by atoms with Crippen molar-refractivity contribution in [3.8, 4) is 5.75 Å². The minimum absolute atomic E-state index is 0.134. The summed E-state index contributed by atoms with van der Waals surface area (Å²) in [7, 11) is 0. The van der Waals surface area contributed by atoms with Crippen molar-refractivity contribution >= 4 is 17.4 Å². The highest BCUT2D eigenvalue weighted by atomic mass is 16.5. The molecular formula is C26H36N4O3. The number of ether oxygens (including phenoxy) is 2. The van der Waals surface area contributed by atoms with Gasteiger partial charge in [0.1, 0.15) is 12.4 Å². The van der Waals surface area contributed by atoms with E-state index in [-0.39, 0.29) is 12.1 Å². The third-order valence-corrected chi connectivity index (χ3v) is 6.44. The first kappa shape index (κ1) is 23.5. The summed E-state index contributed by atoms with van der Waals surface area (Å²) in [5.41, 5.74) is 7.85. The van der Waals surface area contributed by atoms with Crippen LogP contribution in [0, 0.1) is 5.92 Å². The second-order valence-corrected chi connectivity index (χ2v) is 9.00. The van der Waals surface area contributed by atoms with Crippen LogP contribution < -0.4 is 20.7 Å². The lowest BCUT2D eigenvalue weighted by molar-refractivity contribution is 0.0322. The van der Waals surface area contributed by atoms with Crippen LogP contribution in [0.25, 0.3) is 0 Å². The van der Waals surface area contributed by atoms with Crippen molar-refractivity contribution in [1.82, 2.24) is 4.90 Å². The monoisotopic (exact) mass is 452 g/mol. The molecule has 3 N–H and O–H groups in total. The summed E-state index contributed by atoms with van der Waals surface area (Å²) in [6.45, 7) is 5.57. The van der Waals surface area contributed by atoms with Gasteiger partial charge in [0.25, 0.3) is 0 Å². The second-order valence-electron chi connectivity index (χ2n) is 9.00. The number of morpholine rings is 1. The molecule has 2 atom stereocenters. The largest absolute Gasteiger partial charge is 0.492 e. The maximum atomic E-state index is 13.3. The molecule has 1 aliphatic carbocycles. The Bertz CT molecular complexity index is 873. The smallest absolute Gasteiger partial charge is 0.326 e. The Morgan fingerprint density at radius 1 is 1.12 bits per heavy atom. The van der Waals surface area contributed by atoms with Crippen molar-refractivity contribution in [3.05, 3.63) is 54.6 Å². The van der Waals surface area contributed by atoms with Crippen molar-refractivity contribution < 1.29 is 14.3 Å². The Kier molecular flexibility index (Phi) is 8.58. The van der Waals surface area contributed by atoms with Gasteiger partial charge >= 0.3 is 6.03 Å². The molecule has 4 rings (SSSR count). The van der Waals surface area contributed by atoms with E-state index in [1.54, 1.807) is 0 Å². The molecule has 2 aromatic rings. The molecule has 1 aliphatic heterocycles. The number of urea groups is 1. The van der Waals surface area contributed by atoms with Crippen LogP contribution >= 0.6 is 0 Å². The highest BCUT2D eigenvalue weighted by Crippen LogP contribution is 2.28. The summed E-state index contributed by atoms with van der Waals surface area (Å²) < 4.78 is 11.5. The third kappa shape index (κ3) is 7.19. The number of benzene rings is 2. The molecule has 1 saturated carbocycles. The number of nitrogens with two attached hydrogens (primary N) is 1. The van der Waals surface area contributed by atoms with Gasteiger partial charge in [-0.2, -0.15) is 0 Å². The van der Waals surface area contributed by atoms with Crippen molar-refractivity contribution in [3.63, 3.8) is 0 Å². The van der Waals surface area contributed by atoms with E-state index >= 15 is 0 Å². The van der Waals surface area contributed by atoms with Crippen LogP contribution in [0.1, 0.15) is 25.7 Å². The lowest BCUT2D eigenvalue weighted by Gasteiger charge is -2.32. The molecule has 33 heavy (non-hydrogen) atoms. The fraction of sp³-hybridized carbons (Fsp3) is 0.500. The molecule has 2 fully saturated rings. The summed E-state index contributed by atoms with van der Waals surface area (Å²) >= 11 is 0. The van der Waals surface area contributed by atoms with Crippen LogP contribution in [0.5, 0.6) is 5.75 Å². The van der Waals surface area contributed by atoms with Crippen molar-refractivity contribution in [2.45, 2.75) is 31.7 Å². The zero-order valence-electron chi connectivity index (χ0n) is 19.3. The number of amides is 2. The average molecular weight is 453 g/mol. The van der Waals surface area contributed by atoms with Gasteiger partial charge in [0.2, 0.25) is 0 Å². The SMILES string of the molecule is N[C@H]1CCC[C@@H](CN(C(=O)Nc2ccccc2)c2cccc(OCCN3CCOCC3)c2)C1. The van der Waals surface area contributed by atoms with Crippen molar-refractivity contribution in [2.24, 2.45) is 11.7 Å². The first-order valence-electron chi connectivity index (χ1n) is 12.1. The molecule has 0 unspecified atom stereocenters. The van der Waals surface area contributed by atoms with E-state index in [0.717, 1.165) is 75.7 Å². The van der Waals surface area contributed by atoms with Crippen molar-refractivity contribution in [2.75, 3.05) is 56.2 Å². The van der Waals surface area contributed by atoms with Gasteiger partial charge in [0, 0.05) is 49.7 Å². The molecule has 7 nitrogen and oxygen atoms in total. The lowest BCUT2D eigenvalue weighted by atomic mass is 9.86.